The first-order chi connectivity index (χ1) is 9.68. The van der Waals surface area contributed by atoms with Crippen LogP contribution >= 0.6 is 0 Å². The van der Waals surface area contributed by atoms with Crippen LogP contribution in [0.25, 0.3) is 33.0 Å². The molecule has 0 aliphatic heterocycles. The molecule has 0 radical (unpaired) electrons. The summed E-state index contributed by atoms with van der Waals surface area (Å²) >= 11 is 0. The molecular formula is C18H12O2. The maximum absolute atomic E-state index is 11.7. The van der Waals surface area contributed by atoms with Crippen molar-refractivity contribution in [2.24, 2.45) is 0 Å². The van der Waals surface area contributed by atoms with Crippen molar-refractivity contribution in [3.05, 3.63) is 59.7 Å². The van der Waals surface area contributed by atoms with E-state index in [4.69, 9.17) is 0 Å². The van der Waals surface area contributed by atoms with Crippen LogP contribution in [0.3, 0.4) is 0 Å². The summed E-state index contributed by atoms with van der Waals surface area (Å²) in [5.41, 5.74) is 5.40. The van der Waals surface area contributed by atoms with Crippen molar-refractivity contribution >= 4 is 16.7 Å². The number of carboxylic acid groups (broad SMARTS) is 1. The van der Waals surface area contributed by atoms with Gasteiger partial charge in [0.1, 0.15) is 0 Å². The van der Waals surface area contributed by atoms with Gasteiger partial charge in [0, 0.05) is 5.56 Å². The molecule has 0 heterocycles. The van der Waals surface area contributed by atoms with E-state index in [-0.39, 0.29) is 0 Å². The molecule has 0 unspecified atom stereocenters. The lowest BCUT2D eigenvalue weighted by molar-refractivity contribution is 0.0697. The molecule has 20 heavy (non-hydrogen) atoms. The van der Waals surface area contributed by atoms with Crippen LogP contribution in [0.1, 0.15) is 15.9 Å². The van der Waals surface area contributed by atoms with Gasteiger partial charge in [-0.2, -0.15) is 0 Å². The third-order valence-electron chi connectivity index (χ3n) is 4.06. The van der Waals surface area contributed by atoms with Gasteiger partial charge in [-0.15, -0.1) is 0 Å². The van der Waals surface area contributed by atoms with E-state index in [1.807, 2.05) is 43.3 Å². The average molecular weight is 260 g/mol. The number of aryl methyl sites for hydroxylation is 1. The van der Waals surface area contributed by atoms with E-state index >= 15 is 0 Å². The van der Waals surface area contributed by atoms with Gasteiger partial charge in [-0.3, -0.25) is 0 Å². The summed E-state index contributed by atoms with van der Waals surface area (Å²) in [6.45, 7) is 1.87. The van der Waals surface area contributed by atoms with Crippen molar-refractivity contribution in [3.63, 3.8) is 0 Å². The molecule has 96 valence electrons. The third kappa shape index (κ3) is 1.26. The number of aromatic carboxylic acids is 1. The Morgan fingerprint density at radius 3 is 2.40 bits per heavy atom. The van der Waals surface area contributed by atoms with Gasteiger partial charge in [-0.1, -0.05) is 48.5 Å². The van der Waals surface area contributed by atoms with Crippen LogP contribution in [0.2, 0.25) is 0 Å². The fourth-order valence-electron chi connectivity index (χ4n) is 3.30. The molecule has 0 amide bonds. The van der Waals surface area contributed by atoms with Crippen LogP contribution in [-0.2, 0) is 0 Å². The van der Waals surface area contributed by atoms with E-state index in [2.05, 4.69) is 12.1 Å². The van der Waals surface area contributed by atoms with Crippen LogP contribution in [0.4, 0.5) is 0 Å². The van der Waals surface area contributed by atoms with Crippen molar-refractivity contribution in [3.8, 4) is 22.3 Å². The monoisotopic (exact) mass is 260 g/mol. The molecule has 1 N–H and O–H groups in total. The predicted octanol–water partition coefficient (Wildman–Crippen LogP) is 4.49. The number of carboxylic acids is 1. The van der Waals surface area contributed by atoms with E-state index in [0.717, 1.165) is 38.6 Å². The van der Waals surface area contributed by atoms with Crippen LogP contribution < -0.4 is 0 Å². The largest absolute Gasteiger partial charge is 0.478 e. The Kier molecular flexibility index (Phi) is 2.08. The molecule has 0 saturated carbocycles. The van der Waals surface area contributed by atoms with Gasteiger partial charge in [0.15, 0.2) is 0 Å². The minimum Gasteiger partial charge on any atom is -0.478 e. The third-order valence-corrected chi connectivity index (χ3v) is 4.06. The number of benzene rings is 3. The molecule has 2 heteroatoms. The summed E-state index contributed by atoms with van der Waals surface area (Å²) in [7, 11) is 0. The Balaban J connectivity index is 2.31. The van der Waals surface area contributed by atoms with Crippen molar-refractivity contribution in [1.82, 2.24) is 0 Å². The molecule has 2 nitrogen and oxygen atoms in total. The molecule has 3 aromatic carbocycles. The Morgan fingerprint density at radius 2 is 1.65 bits per heavy atom. The lowest BCUT2D eigenvalue weighted by Crippen LogP contribution is -2.02. The molecule has 0 fully saturated rings. The summed E-state index contributed by atoms with van der Waals surface area (Å²) < 4.78 is 0. The first-order valence-electron chi connectivity index (χ1n) is 6.58. The maximum atomic E-state index is 11.7. The average Bonchev–Trinajstić information content (AvgIpc) is 2.76. The van der Waals surface area contributed by atoms with Gasteiger partial charge in [0.05, 0.1) is 5.56 Å². The van der Waals surface area contributed by atoms with Crippen molar-refractivity contribution in [2.45, 2.75) is 6.92 Å². The SMILES string of the molecule is Cc1cc2cccc3c2c(c1C(=O)O)-c1ccccc1-3. The topological polar surface area (TPSA) is 37.3 Å². The first-order valence-corrected chi connectivity index (χ1v) is 6.58. The number of rotatable bonds is 1. The molecule has 0 aromatic heterocycles. The molecule has 1 aliphatic rings. The smallest absolute Gasteiger partial charge is 0.336 e. The lowest BCUT2D eigenvalue weighted by Gasteiger charge is -2.10. The number of hydrogen-bond donors (Lipinski definition) is 1. The second kappa shape index (κ2) is 3.70. The van der Waals surface area contributed by atoms with Crippen LogP contribution in [0, 0.1) is 6.92 Å². The highest BCUT2D eigenvalue weighted by molar-refractivity contribution is 6.20. The van der Waals surface area contributed by atoms with Gasteiger partial charge in [0.2, 0.25) is 0 Å². The summed E-state index contributed by atoms with van der Waals surface area (Å²) in [6.07, 6.45) is 0. The van der Waals surface area contributed by atoms with Crippen molar-refractivity contribution in [2.75, 3.05) is 0 Å². The highest BCUT2D eigenvalue weighted by Crippen LogP contribution is 2.49. The molecule has 0 saturated heterocycles. The minimum atomic E-state index is -0.856. The van der Waals surface area contributed by atoms with E-state index in [9.17, 15) is 9.90 Å². The zero-order chi connectivity index (χ0) is 13.9. The second-order valence-corrected chi connectivity index (χ2v) is 5.20. The zero-order valence-corrected chi connectivity index (χ0v) is 11.0. The van der Waals surface area contributed by atoms with Crippen LogP contribution in [0.5, 0.6) is 0 Å². The summed E-state index contributed by atoms with van der Waals surface area (Å²) in [4.78, 5) is 11.7. The van der Waals surface area contributed by atoms with Gasteiger partial charge in [-0.05, 0) is 39.9 Å². The number of carbonyl (C=O) groups is 1. The van der Waals surface area contributed by atoms with Crippen molar-refractivity contribution < 1.29 is 9.90 Å². The van der Waals surface area contributed by atoms with Crippen LogP contribution in [-0.4, -0.2) is 11.1 Å². The van der Waals surface area contributed by atoms with Crippen molar-refractivity contribution in [1.29, 1.82) is 0 Å². The van der Waals surface area contributed by atoms with E-state index in [1.54, 1.807) is 0 Å². The van der Waals surface area contributed by atoms with Gasteiger partial charge >= 0.3 is 5.97 Å². The van der Waals surface area contributed by atoms with Crippen LogP contribution in [0.15, 0.2) is 48.5 Å². The molecule has 0 atom stereocenters. The van der Waals surface area contributed by atoms with E-state index < -0.39 is 5.97 Å². The van der Waals surface area contributed by atoms with Gasteiger partial charge < -0.3 is 5.11 Å². The quantitative estimate of drug-likeness (QED) is 0.547. The Labute approximate surface area is 116 Å². The molecule has 0 spiro atoms. The molecule has 3 aromatic rings. The number of hydrogen-bond acceptors (Lipinski definition) is 1. The Hall–Kier alpha value is -2.61. The molecule has 1 aliphatic carbocycles. The van der Waals surface area contributed by atoms with Gasteiger partial charge in [-0.25, -0.2) is 4.79 Å². The number of fused-ring (bicyclic) bond motifs is 3. The molecule has 4 rings (SSSR count). The first kappa shape index (κ1) is 11.2. The summed E-state index contributed by atoms with van der Waals surface area (Å²) in [5.74, 6) is -0.856. The van der Waals surface area contributed by atoms with Gasteiger partial charge in [0.25, 0.3) is 0 Å². The fourth-order valence-corrected chi connectivity index (χ4v) is 3.30. The standard InChI is InChI=1S/C18H12O2/c1-10-9-11-5-4-8-13-12-6-2-3-7-14(12)17(16(11)13)15(10)18(19)20/h2-9H,1H3,(H,19,20). The normalized spacial score (nSPS) is 11.7. The highest BCUT2D eigenvalue weighted by Gasteiger charge is 2.27. The Morgan fingerprint density at radius 1 is 0.950 bits per heavy atom. The summed E-state index contributed by atoms with van der Waals surface area (Å²) in [5, 5.41) is 11.8. The zero-order valence-electron chi connectivity index (χ0n) is 11.0. The predicted molar refractivity (Wildman–Crippen MR) is 80.1 cm³/mol. The Bertz CT molecular complexity index is 891. The minimum absolute atomic E-state index is 0.426. The lowest BCUT2D eigenvalue weighted by atomic mass is 9.93. The van der Waals surface area contributed by atoms with E-state index in [1.165, 1.54) is 0 Å². The molecule has 0 bridgehead atoms. The fraction of sp³-hybridized carbons (Fsp3) is 0.0556. The summed E-state index contributed by atoms with van der Waals surface area (Å²) in [6, 6.07) is 16.1. The maximum Gasteiger partial charge on any atom is 0.336 e. The highest BCUT2D eigenvalue weighted by atomic mass is 16.4. The second-order valence-electron chi connectivity index (χ2n) is 5.20. The molecular weight excluding hydrogens is 248 g/mol. The van der Waals surface area contributed by atoms with E-state index in [0.29, 0.717) is 5.56 Å².